The Labute approximate surface area is 213 Å². The summed E-state index contributed by atoms with van der Waals surface area (Å²) in [6, 6.07) is 22.0. The van der Waals surface area contributed by atoms with E-state index in [4.69, 9.17) is 4.74 Å². The summed E-state index contributed by atoms with van der Waals surface area (Å²) in [5.74, 6) is 1.46. The van der Waals surface area contributed by atoms with Gasteiger partial charge in [-0.15, -0.1) is 0 Å². The Morgan fingerprint density at radius 1 is 1.03 bits per heavy atom. The van der Waals surface area contributed by atoms with Crippen molar-refractivity contribution in [2.45, 2.75) is 50.7 Å². The van der Waals surface area contributed by atoms with Gasteiger partial charge in [-0.05, 0) is 80.9 Å². The van der Waals surface area contributed by atoms with Crippen molar-refractivity contribution in [3.05, 3.63) is 89.7 Å². The zero-order valence-corrected chi connectivity index (χ0v) is 20.9. The normalized spacial score (nSPS) is 17.5. The van der Waals surface area contributed by atoms with Gasteiger partial charge in [0.15, 0.2) is 0 Å². The van der Waals surface area contributed by atoms with E-state index in [-0.39, 0.29) is 17.7 Å². The fraction of sp³-hybridized carbons (Fsp3) is 0.400. The van der Waals surface area contributed by atoms with Crippen LogP contribution in [-0.4, -0.2) is 58.1 Å². The van der Waals surface area contributed by atoms with Crippen molar-refractivity contribution < 1.29 is 14.6 Å². The van der Waals surface area contributed by atoms with Gasteiger partial charge >= 0.3 is 0 Å². The fourth-order valence-corrected chi connectivity index (χ4v) is 5.53. The van der Waals surface area contributed by atoms with Crippen LogP contribution in [0.4, 0.5) is 0 Å². The molecule has 6 heteroatoms. The number of amides is 1. The molecule has 3 aromatic rings. The molecule has 2 aliphatic rings. The lowest BCUT2D eigenvalue weighted by molar-refractivity contribution is 0.0475. The minimum absolute atomic E-state index is 0.0559. The third kappa shape index (κ3) is 5.54. The molecule has 2 aromatic carbocycles. The molecule has 2 fully saturated rings. The van der Waals surface area contributed by atoms with Gasteiger partial charge in [0.1, 0.15) is 17.2 Å². The Hall–Kier alpha value is -3.38. The Bertz CT molecular complexity index is 1140. The van der Waals surface area contributed by atoms with E-state index in [0.717, 1.165) is 56.5 Å². The number of benzene rings is 2. The smallest absolute Gasteiger partial charge is 0.272 e. The van der Waals surface area contributed by atoms with E-state index in [1.807, 2.05) is 36.4 Å². The van der Waals surface area contributed by atoms with E-state index in [0.29, 0.717) is 24.2 Å². The number of pyridine rings is 1. The molecule has 0 radical (unpaired) electrons. The molecule has 1 aliphatic heterocycles. The number of hydrogen-bond acceptors (Lipinski definition) is 5. The number of hydrogen-bond donors (Lipinski definition) is 1. The molecule has 1 N–H and O–H groups in total. The van der Waals surface area contributed by atoms with Crippen LogP contribution < -0.4 is 4.74 Å². The number of phenolic OH excluding ortho intramolecular Hbond substituents is 1. The van der Waals surface area contributed by atoms with Crippen LogP contribution in [0.1, 0.15) is 47.3 Å². The minimum Gasteiger partial charge on any atom is -0.507 e. The van der Waals surface area contributed by atoms with Crippen molar-refractivity contribution in [3.63, 3.8) is 0 Å². The number of carbonyl (C=O) groups is 1. The zero-order chi connectivity index (χ0) is 24.9. The van der Waals surface area contributed by atoms with Crippen molar-refractivity contribution in [2.75, 3.05) is 20.2 Å². The molecule has 5 rings (SSSR count). The number of aromatic nitrogens is 1. The van der Waals surface area contributed by atoms with Crippen molar-refractivity contribution in [1.82, 2.24) is 14.8 Å². The number of carbonyl (C=O) groups excluding carboxylic acids is 1. The predicted octanol–water partition coefficient (Wildman–Crippen LogP) is 4.92. The van der Waals surface area contributed by atoms with E-state index in [1.54, 1.807) is 19.4 Å². The number of methoxy groups -OCH3 is 1. The fourth-order valence-electron chi connectivity index (χ4n) is 5.53. The summed E-state index contributed by atoms with van der Waals surface area (Å²) in [5.41, 5.74) is 2.64. The van der Waals surface area contributed by atoms with Crippen molar-refractivity contribution >= 4 is 5.91 Å². The second-order valence-electron chi connectivity index (χ2n) is 9.99. The highest BCUT2D eigenvalue weighted by Crippen LogP contribution is 2.37. The van der Waals surface area contributed by atoms with Gasteiger partial charge in [0.2, 0.25) is 0 Å². The van der Waals surface area contributed by atoms with E-state index in [2.05, 4.69) is 39.0 Å². The highest BCUT2D eigenvalue weighted by atomic mass is 16.5. The van der Waals surface area contributed by atoms with Crippen molar-refractivity contribution in [3.8, 4) is 11.5 Å². The lowest BCUT2D eigenvalue weighted by Gasteiger charge is -2.42. The molecule has 1 amide bonds. The number of rotatable bonds is 9. The summed E-state index contributed by atoms with van der Waals surface area (Å²) in [6.07, 6.45) is 6.70. The SMILES string of the molecule is COc1cccc(O)c1CN1CCC([C@H](Cc2ccccc2)N(C(=O)c2ccccn2)C2CC2)CC1. The standard InChI is InChI=1S/C30H35N3O3/c1-36-29-12-7-11-28(34)25(29)21-32-18-15-23(16-19-32)27(20-22-8-3-2-4-9-22)33(24-13-14-24)30(35)26-10-5-6-17-31-26/h2-12,17,23-24,27,34H,13-16,18-21H2,1H3/t27-/m0/s1. The van der Waals surface area contributed by atoms with Crippen molar-refractivity contribution in [2.24, 2.45) is 5.92 Å². The quantitative estimate of drug-likeness (QED) is 0.466. The van der Waals surface area contributed by atoms with E-state index >= 15 is 0 Å². The number of nitrogens with zero attached hydrogens (tertiary/aromatic N) is 3. The predicted molar refractivity (Wildman–Crippen MR) is 140 cm³/mol. The van der Waals surface area contributed by atoms with Gasteiger partial charge in [-0.3, -0.25) is 14.7 Å². The van der Waals surface area contributed by atoms with Gasteiger partial charge in [-0.1, -0.05) is 42.5 Å². The topological polar surface area (TPSA) is 65.9 Å². The van der Waals surface area contributed by atoms with Gasteiger partial charge < -0.3 is 14.7 Å². The first kappa shape index (κ1) is 24.3. The molecule has 0 unspecified atom stereocenters. The number of likely N-dealkylation sites (tertiary alicyclic amines) is 1. The maximum absolute atomic E-state index is 13.7. The largest absolute Gasteiger partial charge is 0.507 e. The van der Waals surface area contributed by atoms with Crippen LogP contribution in [0.5, 0.6) is 11.5 Å². The summed E-state index contributed by atoms with van der Waals surface area (Å²) in [6.45, 7) is 2.50. The highest BCUT2D eigenvalue weighted by molar-refractivity contribution is 5.93. The van der Waals surface area contributed by atoms with E-state index < -0.39 is 0 Å². The third-order valence-corrected chi connectivity index (χ3v) is 7.59. The van der Waals surface area contributed by atoms with Crippen LogP contribution >= 0.6 is 0 Å². The zero-order valence-electron chi connectivity index (χ0n) is 20.9. The number of ether oxygens (including phenoxy) is 1. The van der Waals surface area contributed by atoms with E-state index in [1.165, 1.54) is 5.56 Å². The first-order valence-corrected chi connectivity index (χ1v) is 13.0. The molecule has 188 valence electrons. The second-order valence-corrected chi connectivity index (χ2v) is 9.99. The van der Waals surface area contributed by atoms with Crippen molar-refractivity contribution in [1.29, 1.82) is 0 Å². The molecule has 1 aromatic heterocycles. The summed E-state index contributed by atoms with van der Waals surface area (Å²) in [7, 11) is 1.64. The third-order valence-electron chi connectivity index (χ3n) is 7.59. The molecular formula is C30H35N3O3. The molecule has 1 atom stereocenters. The van der Waals surface area contributed by atoms with Crippen LogP contribution in [0.15, 0.2) is 72.9 Å². The summed E-state index contributed by atoms with van der Waals surface area (Å²) in [5, 5.41) is 10.4. The molecule has 0 bridgehead atoms. The first-order chi connectivity index (χ1) is 17.6. The van der Waals surface area contributed by atoms with Gasteiger partial charge in [0.05, 0.1) is 7.11 Å². The summed E-state index contributed by atoms with van der Waals surface area (Å²) in [4.78, 5) is 22.7. The van der Waals surface area contributed by atoms with Crippen LogP contribution in [-0.2, 0) is 13.0 Å². The lowest BCUT2D eigenvalue weighted by Crippen LogP contribution is -2.50. The van der Waals surface area contributed by atoms with Crippen LogP contribution in [0.2, 0.25) is 0 Å². The van der Waals surface area contributed by atoms with Crippen LogP contribution in [0.3, 0.4) is 0 Å². The molecule has 6 nitrogen and oxygen atoms in total. The Morgan fingerprint density at radius 2 is 1.78 bits per heavy atom. The van der Waals surface area contributed by atoms with Crippen LogP contribution in [0, 0.1) is 5.92 Å². The molecule has 1 saturated heterocycles. The van der Waals surface area contributed by atoms with Gasteiger partial charge in [0, 0.05) is 30.4 Å². The Kier molecular flexibility index (Phi) is 7.52. The Morgan fingerprint density at radius 3 is 2.44 bits per heavy atom. The number of piperidine rings is 1. The number of aromatic hydroxyl groups is 1. The minimum atomic E-state index is 0.0559. The second kappa shape index (κ2) is 11.1. The maximum atomic E-state index is 13.7. The van der Waals surface area contributed by atoms with Gasteiger partial charge in [-0.2, -0.15) is 0 Å². The van der Waals surface area contributed by atoms with Crippen LogP contribution in [0.25, 0.3) is 0 Å². The highest BCUT2D eigenvalue weighted by Gasteiger charge is 2.42. The first-order valence-electron chi connectivity index (χ1n) is 13.0. The van der Waals surface area contributed by atoms with Gasteiger partial charge in [-0.25, -0.2) is 0 Å². The van der Waals surface area contributed by atoms with E-state index in [9.17, 15) is 9.90 Å². The molecule has 36 heavy (non-hydrogen) atoms. The van der Waals surface area contributed by atoms with Gasteiger partial charge in [0.25, 0.3) is 5.91 Å². The molecule has 1 aliphatic carbocycles. The monoisotopic (exact) mass is 485 g/mol. The molecular weight excluding hydrogens is 450 g/mol. The molecule has 2 heterocycles. The lowest BCUT2D eigenvalue weighted by atomic mass is 9.84. The average molecular weight is 486 g/mol. The maximum Gasteiger partial charge on any atom is 0.272 e. The molecule has 1 saturated carbocycles. The average Bonchev–Trinajstić information content (AvgIpc) is 3.76. The Balaban J connectivity index is 1.35. The number of phenols is 1. The molecule has 0 spiro atoms. The summed E-state index contributed by atoms with van der Waals surface area (Å²) >= 11 is 0. The summed E-state index contributed by atoms with van der Waals surface area (Å²) < 4.78 is 5.49.